The Kier molecular flexibility index (Phi) is 5.97. The largest absolute Gasteiger partial charge is 0.345 e. The number of likely N-dealkylation sites (N-methyl/N-ethyl adjacent to an activating group) is 1. The van der Waals surface area contributed by atoms with Gasteiger partial charge in [-0.05, 0) is 23.6 Å². The van der Waals surface area contributed by atoms with Gasteiger partial charge in [-0.25, -0.2) is 0 Å². The first-order chi connectivity index (χ1) is 9.84. The molecule has 1 aliphatic heterocycles. The third-order valence-electron chi connectivity index (χ3n) is 3.89. The van der Waals surface area contributed by atoms with Crippen LogP contribution in [-0.2, 0) is 9.59 Å². The van der Waals surface area contributed by atoms with Gasteiger partial charge in [-0.15, -0.1) is 12.4 Å². The zero-order valence-electron chi connectivity index (χ0n) is 13.3. The summed E-state index contributed by atoms with van der Waals surface area (Å²) < 4.78 is 0. The van der Waals surface area contributed by atoms with E-state index >= 15 is 0 Å². The molecule has 0 aliphatic carbocycles. The normalized spacial score (nSPS) is 17.1. The predicted molar refractivity (Wildman–Crippen MR) is 90.2 cm³/mol. The van der Waals surface area contributed by atoms with E-state index in [2.05, 4.69) is 5.32 Å². The minimum atomic E-state index is -0.409. The molecular formula is C16H24ClN3O2. The molecule has 3 N–H and O–H groups in total. The van der Waals surface area contributed by atoms with Crippen LogP contribution in [0.4, 0.5) is 5.69 Å². The molecule has 0 saturated heterocycles. The summed E-state index contributed by atoms with van der Waals surface area (Å²) >= 11 is 0. The minimum Gasteiger partial charge on any atom is -0.345 e. The van der Waals surface area contributed by atoms with Gasteiger partial charge in [-0.1, -0.05) is 32.0 Å². The van der Waals surface area contributed by atoms with Crippen LogP contribution in [0.25, 0.3) is 0 Å². The number of carbonyl (C=O) groups is 2. The van der Waals surface area contributed by atoms with E-state index in [1.54, 1.807) is 11.9 Å². The highest BCUT2D eigenvalue weighted by Gasteiger charge is 2.33. The Bertz CT molecular complexity index is 560. The standard InChI is InChI=1S/C16H23N3O2.ClH/c1-16(2,9-17)10-19(3)15(21)12-8-14(20)18-13-7-5-4-6-11(12)13;/h4-7,12H,8-10,17H2,1-3H3,(H,18,20);1H. The van der Waals surface area contributed by atoms with Gasteiger partial charge in [-0.3, -0.25) is 9.59 Å². The fraction of sp³-hybridized carbons (Fsp3) is 0.500. The lowest BCUT2D eigenvalue weighted by molar-refractivity contribution is -0.134. The summed E-state index contributed by atoms with van der Waals surface area (Å²) in [6.07, 6.45) is 0.198. The van der Waals surface area contributed by atoms with Crippen LogP contribution in [-0.4, -0.2) is 36.9 Å². The van der Waals surface area contributed by atoms with Crippen molar-refractivity contribution in [2.75, 3.05) is 25.5 Å². The molecule has 0 spiro atoms. The fourth-order valence-corrected chi connectivity index (χ4v) is 2.68. The van der Waals surface area contributed by atoms with Crippen molar-refractivity contribution in [1.82, 2.24) is 4.90 Å². The quantitative estimate of drug-likeness (QED) is 0.888. The van der Waals surface area contributed by atoms with Crippen molar-refractivity contribution in [2.45, 2.75) is 26.2 Å². The number of nitrogens with two attached hydrogens (primary N) is 1. The number of para-hydroxylation sites is 1. The number of hydrogen-bond acceptors (Lipinski definition) is 3. The molecule has 1 atom stereocenters. The first kappa shape index (κ1) is 18.5. The molecule has 1 heterocycles. The summed E-state index contributed by atoms with van der Waals surface area (Å²) in [6.45, 7) is 5.13. The molecule has 1 aromatic carbocycles. The Balaban J connectivity index is 0.00000242. The van der Waals surface area contributed by atoms with Gasteiger partial charge in [0.2, 0.25) is 11.8 Å². The zero-order valence-corrected chi connectivity index (χ0v) is 14.1. The number of carbonyl (C=O) groups excluding carboxylic acids is 2. The van der Waals surface area contributed by atoms with Crippen LogP contribution in [0.15, 0.2) is 24.3 Å². The maximum absolute atomic E-state index is 12.7. The van der Waals surface area contributed by atoms with Gasteiger partial charge in [0.15, 0.2) is 0 Å². The van der Waals surface area contributed by atoms with Crippen molar-refractivity contribution in [2.24, 2.45) is 11.1 Å². The van der Waals surface area contributed by atoms with Crippen LogP contribution in [0.5, 0.6) is 0 Å². The molecule has 2 amide bonds. The molecule has 2 rings (SSSR count). The molecule has 0 saturated carbocycles. The molecule has 122 valence electrons. The third-order valence-corrected chi connectivity index (χ3v) is 3.89. The van der Waals surface area contributed by atoms with Gasteiger partial charge in [0.1, 0.15) is 0 Å². The van der Waals surface area contributed by atoms with Crippen molar-refractivity contribution in [3.63, 3.8) is 0 Å². The van der Waals surface area contributed by atoms with Crippen molar-refractivity contribution < 1.29 is 9.59 Å². The van der Waals surface area contributed by atoms with Crippen LogP contribution in [0.3, 0.4) is 0 Å². The number of nitrogens with zero attached hydrogens (tertiary/aromatic N) is 1. The van der Waals surface area contributed by atoms with Gasteiger partial charge < -0.3 is 16.0 Å². The van der Waals surface area contributed by atoms with Crippen molar-refractivity contribution in [3.05, 3.63) is 29.8 Å². The lowest BCUT2D eigenvalue weighted by Gasteiger charge is -2.33. The third kappa shape index (κ3) is 3.99. The lowest BCUT2D eigenvalue weighted by Crippen LogP contribution is -2.43. The average Bonchev–Trinajstić information content (AvgIpc) is 2.45. The predicted octanol–water partition coefficient (Wildman–Crippen LogP) is 1.98. The highest BCUT2D eigenvalue weighted by Crippen LogP contribution is 2.33. The monoisotopic (exact) mass is 325 g/mol. The first-order valence-corrected chi connectivity index (χ1v) is 7.18. The number of rotatable bonds is 4. The zero-order chi connectivity index (χ0) is 15.6. The minimum absolute atomic E-state index is 0. The molecule has 1 aromatic rings. The molecule has 0 radical (unpaired) electrons. The first-order valence-electron chi connectivity index (χ1n) is 7.18. The molecular weight excluding hydrogens is 302 g/mol. The smallest absolute Gasteiger partial charge is 0.230 e. The van der Waals surface area contributed by atoms with Crippen molar-refractivity contribution in [1.29, 1.82) is 0 Å². The summed E-state index contributed by atoms with van der Waals surface area (Å²) in [5.74, 6) is -0.550. The second-order valence-electron chi connectivity index (χ2n) is 6.45. The number of nitrogens with one attached hydrogen (secondary N) is 1. The topological polar surface area (TPSA) is 75.4 Å². The van der Waals surface area contributed by atoms with Gasteiger partial charge in [0, 0.05) is 25.7 Å². The summed E-state index contributed by atoms with van der Waals surface area (Å²) in [5.41, 5.74) is 7.21. The number of halogens is 1. The Morgan fingerprint density at radius 3 is 2.68 bits per heavy atom. The highest BCUT2D eigenvalue weighted by molar-refractivity contribution is 6.01. The van der Waals surface area contributed by atoms with E-state index in [1.165, 1.54) is 0 Å². The Labute approximate surface area is 137 Å². The molecule has 0 aromatic heterocycles. The number of anilines is 1. The van der Waals surface area contributed by atoms with E-state index in [1.807, 2.05) is 38.1 Å². The van der Waals surface area contributed by atoms with Crippen LogP contribution in [0.1, 0.15) is 31.7 Å². The molecule has 22 heavy (non-hydrogen) atoms. The average molecular weight is 326 g/mol. The molecule has 5 nitrogen and oxygen atoms in total. The Morgan fingerprint density at radius 2 is 2.05 bits per heavy atom. The van der Waals surface area contributed by atoms with Crippen LogP contribution < -0.4 is 11.1 Å². The van der Waals surface area contributed by atoms with Crippen LogP contribution in [0.2, 0.25) is 0 Å². The molecule has 0 bridgehead atoms. The second-order valence-corrected chi connectivity index (χ2v) is 6.45. The van der Waals surface area contributed by atoms with Crippen LogP contribution in [0, 0.1) is 5.41 Å². The number of hydrogen-bond donors (Lipinski definition) is 2. The maximum atomic E-state index is 12.7. The van der Waals surface area contributed by atoms with Crippen molar-refractivity contribution >= 4 is 29.9 Å². The number of benzene rings is 1. The van der Waals surface area contributed by atoms with E-state index in [9.17, 15) is 9.59 Å². The van der Waals surface area contributed by atoms with Gasteiger partial charge in [0.05, 0.1) is 5.92 Å². The maximum Gasteiger partial charge on any atom is 0.230 e. The molecule has 0 fully saturated rings. The fourth-order valence-electron chi connectivity index (χ4n) is 2.68. The van der Waals surface area contributed by atoms with Gasteiger partial charge in [-0.2, -0.15) is 0 Å². The van der Waals surface area contributed by atoms with E-state index in [0.29, 0.717) is 13.1 Å². The van der Waals surface area contributed by atoms with Gasteiger partial charge in [0.25, 0.3) is 0 Å². The Hall–Kier alpha value is -1.59. The molecule has 1 aliphatic rings. The van der Waals surface area contributed by atoms with E-state index < -0.39 is 5.92 Å². The summed E-state index contributed by atoms with van der Waals surface area (Å²) in [4.78, 5) is 26.2. The molecule has 6 heteroatoms. The second kappa shape index (κ2) is 7.11. The summed E-state index contributed by atoms with van der Waals surface area (Å²) in [5, 5.41) is 2.81. The molecule has 1 unspecified atom stereocenters. The summed E-state index contributed by atoms with van der Waals surface area (Å²) in [6, 6.07) is 7.48. The number of fused-ring (bicyclic) bond motifs is 1. The highest BCUT2D eigenvalue weighted by atomic mass is 35.5. The SMILES string of the molecule is CN(CC(C)(C)CN)C(=O)C1CC(=O)Nc2ccccc21.Cl. The van der Waals surface area contributed by atoms with Gasteiger partial charge >= 0.3 is 0 Å². The van der Waals surface area contributed by atoms with E-state index in [0.717, 1.165) is 11.3 Å². The van der Waals surface area contributed by atoms with Crippen molar-refractivity contribution in [3.8, 4) is 0 Å². The van der Waals surface area contributed by atoms with E-state index in [4.69, 9.17) is 5.73 Å². The summed E-state index contributed by atoms with van der Waals surface area (Å²) in [7, 11) is 1.77. The number of amides is 2. The lowest BCUT2D eigenvalue weighted by atomic mass is 9.88. The van der Waals surface area contributed by atoms with Crippen LogP contribution >= 0.6 is 12.4 Å². The van der Waals surface area contributed by atoms with E-state index in [-0.39, 0.29) is 36.1 Å². The Morgan fingerprint density at radius 1 is 1.41 bits per heavy atom.